The normalized spacial score (nSPS) is 40.7. The van der Waals surface area contributed by atoms with Gasteiger partial charge in [-0.15, -0.1) is 12.4 Å². The Hall–Kier alpha value is 0.250. The van der Waals surface area contributed by atoms with Crippen molar-refractivity contribution in [2.45, 2.75) is 64.5 Å². The van der Waals surface area contributed by atoms with E-state index in [1.165, 1.54) is 38.5 Å². The van der Waals surface area contributed by atoms with Gasteiger partial charge in [-0.05, 0) is 43.9 Å². The van der Waals surface area contributed by atoms with Gasteiger partial charge in [0.15, 0.2) is 0 Å². The number of hydrogen-bond acceptors (Lipinski definition) is 1. The van der Waals surface area contributed by atoms with E-state index in [1.807, 2.05) is 0 Å². The molecule has 2 saturated carbocycles. The minimum absolute atomic E-state index is 0. The molecule has 0 radical (unpaired) electrons. The molecule has 0 aromatic carbocycles. The van der Waals surface area contributed by atoms with Gasteiger partial charge in [0.1, 0.15) is 0 Å². The first-order valence-corrected chi connectivity index (χ1v) is 6.05. The minimum atomic E-state index is 0. The Morgan fingerprint density at radius 1 is 1.21 bits per heavy atom. The highest BCUT2D eigenvalue weighted by atomic mass is 35.5. The van der Waals surface area contributed by atoms with Gasteiger partial charge in [0.25, 0.3) is 0 Å². The van der Waals surface area contributed by atoms with E-state index in [0.717, 1.165) is 23.9 Å². The van der Waals surface area contributed by atoms with Crippen molar-refractivity contribution in [2.24, 2.45) is 11.8 Å². The zero-order valence-electron chi connectivity index (χ0n) is 9.46. The van der Waals surface area contributed by atoms with E-state index in [-0.39, 0.29) is 12.4 Å². The molecule has 0 bridgehead atoms. The lowest BCUT2D eigenvalue weighted by molar-refractivity contribution is 0.479. The maximum Gasteiger partial charge on any atom is 0.0102 e. The number of halogens is 1. The lowest BCUT2D eigenvalue weighted by Crippen LogP contribution is -2.29. The fourth-order valence-electron chi connectivity index (χ4n) is 2.80. The summed E-state index contributed by atoms with van der Waals surface area (Å²) in [5.41, 5.74) is 0. The maximum atomic E-state index is 3.82. The molecule has 2 rings (SSSR count). The van der Waals surface area contributed by atoms with E-state index in [0.29, 0.717) is 0 Å². The first-order valence-electron chi connectivity index (χ1n) is 6.05. The molecule has 0 amide bonds. The highest BCUT2D eigenvalue weighted by Gasteiger charge is 2.38. The van der Waals surface area contributed by atoms with Gasteiger partial charge in [-0.3, -0.25) is 0 Å². The fraction of sp³-hybridized carbons (Fsp3) is 1.00. The van der Waals surface area contributed by atoms with Crippen LogP contribution in [0.3, 0.4) is 0 Å². The Balaban J connectivity index is 0.000000980. The molecule has 2 heteroatoms. The third kappa shape index (κ3) is 3.13. The minimum Gasteiger partial charge on any atom is -0.311 e. The lowest BCUT2D eigenvalue weighted by atomic mass is 10.1. The molecule has 84 valence electrons. The van der Waals surface area contributed by atoms with Crippen molar-refractivity contribution >= 4 is 12.4 Å². The van der Waals surface area contributed by atoms with E-state index < -0.39 is 0 Å². The molecule has 2 aliphatic rings. The van der Waals surface area contributed by atoms with Gasteiger partial charge in [0, 0.05) is 12.1 Å². The van der Waals surface area contributed by atoms with Gasteiger partial charge >= 0.3 is 0 Å². The number of rotatable bonds is 4. The molecule has 0 heterocycles. The zero-order chi connectivity index (χ0) is 9.26. The van der Waals surface area contributed by atoms with E-state index in [1.54, 1.807) is 0 Å². The van der Waals surface area contributed by atoms with Crippen LogP contribution in [0.15, 0.2) is 0 Å². The summed E-state index contributed by atoms with van der Waals surface area (Å²) in [6.45, 7) is 4.69. The van der Waals surface area contributed by atoms with Crippen molar-refractivity contribution in [3.05, 3.63) is 0 Å². The summed E-state index contributed by atoms with van der Waals surface area (Å²) in [5, 5.41) is 3.82. The summed E-state index contributed by atoms with van der Waals surface area (Å²) in [5.74, 6) is 2.00. The Bertz CT molecular complexity index is 172. The molecule has 0 aromatic heterocycles. The standard InChI is InChI=1S/C12H23N.ClH/c1-3-4-10-8-12(10)13-11-6-5-9(2)7-11;/h9-13H,3-8H2,1-2H3;1H. The average molecular weight is 218 g/mol. The van der Waals surface area contributed by atoms with Crippen molar-refractivity contribution in [3.8, 4) is 0 Å². The summed E-state index contributed by atoms with van der Waals surface area (Å²) in [6.07, 6.45) is 8.57. The second-order valence-corrected chi connectivity index (χ2v) is 5.17. The highest BCUT2D eigenvalue weighted by Crippen LogP contribution is 2.36. The molecule has 2 aliphatic carbocycles. The molecule has 0 aromatic rings. The molecule has 2 fully saturated rings. The maximum absolute atomic E-state index is 3.82. The summed E-state index contributed by atoms with van der Waals surface area (Å²) in [7, 11) is 0. The van der Waals surface area contributed by atoms with Crippen molar-refractivity contribution in [1.82, 2.24) is 5.32 Å². The Kier molecular flexibility index (Phi) is 4.72. The summed E-state index contributed by atoms with van der Waals surface area (Å²) >= 11 is 0. The SMILES string of the molecule is CCCC1CC1NC1CCC(C)C1.Cl. The van der Waals surface area contributed by atoms with E-state index in [9.17, 15) is 0 Å². The van der Waals surface area contributed by atoms with Crippen LogP contribution < -0.4 is 5.32 Å². The van der Waals surface area contributed by atoms with Gasteiger partial charge in [-0.2, -0.15) is 0 Å². The van der Waals surface area contributed by atoms with Crippen LogP contribution in [-0.2, 0) is 0 Å². The van der Waals surface area contributed by atoms with Gasteiger partial charge in [-0.1, -0.05) is 20.3 Å². The number of hydrogen-bond donors (Lipinski definition) is 1. The number of nitrogens with one attached hydrogen (secondary N) is 1. The second kappa shape index (κ2) is 5.37. The molecule has 4 unspecified atom stereocenters. The summed E-state index contributed by atoms with van der Waals surface area (Å²) < 4.78 is 0. The van der Waals surface area contributed by atoms with E-state index in [2.05, 4.69) is 19.2 Å². The molecular weight excluding hydrogens is 194 g/mol. The van der Waals surface area contributed by atoms with Crippen molar-refractivity contribution < 1.29 is 0 Å². The Morgan fingerprint density at radius 2 is 2.00 bits per heavy atom. The molecule has 0 spiro atoms. The fourth-order valence-corrected chi connectivity index (χ4v) is 2.80. The Labute approximate surface area is 94.4 Å². The van der Waals surface area contributed by atoms with Crippen LogP contribution >= 0.6 is 12.4 Å². The zero-order valence-corrected chi connectivity index (χ0v) is 10.3. The van der Waals surface area contributed by atoms with Crippen LogP contribution in [0.1, 0.15) is 52.4 Å². The summed E-state index contributed by atoms with van der Waals surface area (Å²) in [6, 6.07) is 1.76. The highest BCUT2D eigenvalue weighted by molar-refractivity contribution is 5.85. The molecule has 1 nitrogen and oxygen atoms in total. The monoisotopic (exact) mass is 217 g/mol. The van der Waals surface area contributed by atoms with Gasteiger partial charge < -0.3 is 5.32 Å². The van der Waals surface area contributed by atoms with Gasteiger partial charge in [0.05, 0.1) is 0 Å². The summed E-state index contributed by atoms with van der Waals surface area (Å²) in [4.78, 5) is 0. The van der Waals surface area contributed by atoms with Gasteiger partial charge in [0.2, 0.25) is 0 Å². The topological polar surface area (TPSA) is 12.0 Å². The first-order chi connectivity index (χ1) is 6.29. The van der Waals surface area contributed by atoms with Crippen LogP contribution in [-0.4, -0.2) is 12.1 Å². The molecule has 0 saturated heterocycles. The third-order valence-corrected chi connectivity index (χ3v) is 3.73. The quantitative estimate of drug-likeness (QED) is 0.762. The third-order valence-electron chi connectivity index (χ3n) is 3.73. The first kappa shape index (κ1) is 12.3. The van der Waals surface area contributed by atoms with Crippen molar-refractivity contribution in [2.75, 3.05) is 0 Å². The lowest BCUT2D eigenvalue weighted by Gasteiger charge is -2.11. The van der Waals surface area contributed by atoms with Crippen LogP contribution in [0.2, 0.25) is 0 Å². The molecular formula is C12H24ClN. The smallest absolute Gasteiger partial charge is 0.0102 e. The second-order valence-electron chi connectivity index (χ2n) is 5.17. The molecule has 14 heavy (non-hydrogen) atoms. The predicted octanol–water partition coefficient (Wildman–Crippen LogP) is 3.38. The van der Waals surface area contributed by atoms with Crippen LogP contribution in [0.4, 0.5) is 0 Å². The van der Waals surface area contributed by atoms with E-state index >= 15 is 0 Å². The van der Waals surface area contributed by atoms with Crippen molar-refractivity contribution in [1.29, 1.82) is 0 Å². The molecule has 1 N–H and O–H groups in total. The van der Waals surface area contributed by atoms with Gasteiger partial charge in [-0.25, -0.2) is 0 Å². The molecule has 4 atom stereocenters. The van der Waals surface area contributed by atoms with E-state index in [4.69, 9.17) is 0 Å². The average Bonchev–Trinajstić information content (AvgIpc) is 2.66. The van der Waals surface area contributed by atoms with Crippen LogP contribution in [0, 0.1) is 11.8 Å². The largest absolute Gasteiger partial charge is 0.311 e. The Morgan fingerprint density at radius 3 is 2.57 bits per heavy atom. The van der Waals surface area contributed by atoms with Crippen LogP contribution in [0.25, 0.3) is 0 Å². The molecule has 0 aliphatic heterocycles. The van der Waals surface area contributed by atoms with Crippen molar-refractivity contribution in [3.63, 3.8) is 0 Å². The van der Waals surface area contributed by atoms with Crippen LogP contribution in [0.5, 0.6) is 0 Å². The predicted molar refractivity (Wildman–Crippen MR) is 64.0 cm³/mol.